The van der Waals surface area contributed by atoms with Gasteiger partial charge in [-0.15, -0.1) is 0 Å². The van der Waals surface area contributed by atoms with Gasteiger partial charge >= 0.3 is 0 Å². The fourth-order valence-electron chi connectivity index (χ4n) is 3.07. The minimum atomic E-state index is -0.0684. The number of hydrogen-bond acceptors (Lipinski definition) is 3. The Morgan fingerprint density at radius 3 is 2.67 bits per heavy atom. The molecular weight excluding hydrogens is 362 g/mol. The predicted octanol–water partition coefficient (Wildman–Crippen LogP) is 4.66. The van der Waals surface area contributed by atoms with Crippen molar-refractivity contribution in [3.05, 3.63) is 89.0 Å². The first-order valence-corrected chi connectivity index (χ1v) is 8.97. The Kier molecular flexibility index (Phi) is 4.69. The van der Waals surface area contributed by atoms with Crippen molar-refractivity contribution >= 4 is 28.6 Å². The average Bonchev–Trinajstić information content (AvgIpc) is 3.25. The maximum atomic E-state index is 13.3. The molecule has 0 N–H and O–H groups in total. The van der Waals surface area contributed by atoms with Crippen LogP contribution in [0.3, 0.4) is 0 Å². The Labute approximate surface area is 161 Å². The second kappa shape index (κ2) is 7.29. The van der Waals surface area contributed by atoms with Gasteiger partial charge in [-0.25, -0.2) is 0 Å². The van der Waals surface area contributed by atoms with Crippen molar-refractivity contribution in [1.29, 1.82) is 0 Å². The van der Waals surface area contributed by atoms with Gasteiger partial charge in [0.1, 0.15) is 5.52 Å². The number of oxazole rings is 1. The Bertz CT molecular complexity index is 1090. The molecular formula is C21H18ClN3O2. The number of amides is 1. The van der Waals surface area contributed by atoms with Crippen molar-refractivity contribution in [3.8, 4) is 0 Å². The van der Waals surface area contributed by atoms with Gasteiger partial charge < -0.3 is 13.9 Å². The molecule has 0 fully saturated rings. The Hall–Kier alpha value is -3.05. The highest BCUT2D eigenvalue weighted by Crippen LogP contribution is 2.22. The third-order valence-electron chi connectivity index (χ3n) is 4.52. The molecule has 4 rings (SSSR count). The molecule has 0 saturated heterocycles. The molecule has 0 radical (unpaired) electrons. The fraction of sp³-hybridized carbons (Fsp3) is 0.143. The normalized spacial score (nSPS) is 11.0. The second-order valence-electron chi connectivity index (χ2n) is 6.41. The van der Waals surface area contributed by atoms with E-state index in [4.69, 9.17) is 16.0 Å². The van der Waals surface area contributed by atoms with Crippen molar-refractivity contribution < 1.29 is 9.21 Å². The molecule has 0 aliphatic rings. The maximum Gasteiger partial charge on any atom is 0.293 e. The number of rotatable bonds is 5. The standard InChI is InChI=1S/C21H18ClN3O2/c1-24-11-5-8-17(24)14-25(13-15-6-3-2-4-7-15)20(26)16-9-10-19-18(12-16)23-21(22)27-19/h2-12H,13-14H2,1H3. The Balaban J connectivity index is 1.66. The van der Waals surface area contributed by atoms with Crippen LogP contribution >= 0.6 is 11.6 Å². The monoisotopic (exact) mass is 379 g/mol. The van der Waals surface area contributed by atoms with Crippen LogP contribution in [0.4, 0.5) is 0 Å². The third kappa shape index (κ3) is 3.73. The van der Waals surface area contributed by atoms with Crippen molar-refractivity contribution in [2.75, 3.05) is 0 Å². The van der Waals surface area contributed by atoms with E-state index in [-0.39, 0.29) is 11.3 Å². The van der Waals surface area contributed by atoms with Crippen molar-refractivity contribution in [2.24, 2.45) is 7.05 Å². The van der Waals surface area contributed by atoms with E-state index < -0.39 is 0 Å². The largest absolute Gasteiger partial charge is 0.428 e. The number of hydrogen-bond donors (Lipinski definition) is 0. The van der Waals surface area contributed by atoms with Gasteiger partial charge in [-0.1, -0.05) is 30.3 Å². The van der Waals surface area contributed by atoms with Gasteiger partial charge in [-0.05, 0) is 47.5 Å². The van der Waals surface area contributed by atoms with E-state index in [0.717, 1.165) is 11.3 Å². The minimum Gasteiger partial charge on any atom is -0.428 e. The van der Waals surface area contributed by atoms with Crippen molar-refractivity contribution in [2.45, 2.75) is 13.1 Å². The smallest absolute Gasteiger partial charge is 0.293 e. The molecule has 27 heavy (non-hydrogen) atoms. The van der Waals surface area contributed by atoms with Gasteiger partial charge in [0.2, 0.25) is 0 Å². The molecule has 6 heteroatoms. The van der Waals surface area contributed by atoms with Crippen molar-refractivity contribution in [1.82, 2.24) is 14.5 Å². The molecule has 0 saturated carbocycles. The van der Waals surface area contributed by atoms with Gasteiger partial charge in [-0.2, -0.15) is 4.98 Å². The summed E-state index contributed by atoms with van der Waals surface area (Å²) < 4.78 is 7.31. The zero-order chi connectivity index (χ0) is 18.8. The number of carbonyl (C=O) groups is 1. The molecule has 2 aromatic heterocycles. The highest BCUT2D eigenvalue weighted by atomic mass is 35.5. The molecule has 0 unspecified atom stereocenters. The lowest BCUT2D eigenvalue weighted by Gasteiger charge is -2.23. The first kappa shape index (κ1) is 17.4. The van der Waals surface area contributed by atoms with Gasteiger partial charge in [0.05, 0.1) is 6.54 Å². The Morgan fingerprint density at radius 1 is 1.11 bits per heavy atom. The van der Waals surface area contributed by atoms with E-state index in [1.165, 1.54) is 0 Å². The van der Waals surface area contributed by atoms with Crippen LogP contribution < -0.4 is 0 Å². The lowest BCUT2D eigenvalue weighted by molar-refractivity contribution is 0.0726. The summed E-state index contributed by atoms with van der Waals surface area (Å²) >= 11 is 5.82. The summed E-state index contributed by atoms with van der Waals surface area (Å²) in [6.45, 7) is 1.03. The Morgan fingerprint density at radius 2 is 1.93 bits per heavy atom. The van der Waals surface area contributed by atoms with Crippen LogP contribution in [0.25, 0.3) is 11.1 Å². The first-order valence-electron chi connectivity index (χ1n) is 8.59. The van der Waals surface area contributed by atoms with Crippen LogP contribution in [0, 0.1) is 0 Å². The zero-order valence-electron chi connectivity index (χ0n) is 14.8. The number of nitrogens with zero attached hydrogens (tertiary/aromatic N) is 3. The number of aryl methyl sites for hydroxylation is 1. The van der Waals surface area contributed by atoms with Crippen LogP contribution in [-0.4, -0.2) is 20.4 Å². The number of carbonyl (C=O) groups excluding carboxylic acids is 1. The summed E-state index contributed by atoms with van der Waals surface area (Å²) in [7, 11) is 1.98. The number of halogens is 1. The quantitative estimate of drug-likeness (QED) is 0.506. The van der Waals surface area contributed by atoms with Crippen LogP contribution in [0.15, 0.2) is 71.3 Å². The lowest BCUT2D eigenvalue weighted by Crippen LogP contribution is -2.30. The molecule has 136 valence electrons. The van der Waals surface area contributed by atoms with Gasteiger partial charge in [-0.3, -0.25) is 4.79 Å². The molecule has 1 amide bonds. The molecule has 2 heterocycles. The first-order chi connectivity index (χ1) is 13.1. The second-order valence-corrected chi connectivity index (χ2v) is 6.73. The summed E-state index contributed by atoms with van der Waals surface area (Å²) in [5.74, 6) is -0.0684. The van der Waals surface area contributed by atoms with E-state index in [1.54, 1.807) is 18.2 Å². The van der Waals surface area contributed by atoms with Crippen molar-refractivity contribution in [3.63, 3.8) is 0 Å². The van der Waals surface area contributed by atoms with Crippen LogP contribution in [-0.2, 0) is 20.1 Å². The van der Waals surface area contributed by atoms with Crippen LogP contribution in [0.5, 0.6) is 0 Å². The summed E-state index contributed by atoms with van der Waals surface area (Å²) in [5.41, 5.74) is 3.83. The predicted molar refractivity (Wildman–Crippen MR) is 104 cm³/mol. The van der Waals surface area contributed by atoms with E-state index in [9.17, 15) is 4.79 Å². The number of aromatic nitrogens is 2. The zero-order valence-corrected chi connectivity index (χ0v) is 15.6. The summed E-state index contributed by atoms with van der Waals surface area (Å²) in [6, 6.07) is 19.1. The molecule has 0 aliphatic heterocycles. The van der Waals surface area contributed by atoms with E-state index >= 15 is 0 Å². The molecule has 2 aromatic carbocycles. The van der Waals surface area contributed by atoms with Crippen LogP contribution in [0.1, 0.15) is 21.6 Å². The molecule has 0 spiro atoms. The maximum absolute atomic E-state index is 13.3. The third-order valence-corrected chi connectivity index (χ3v) is 4.68. The van der Waals surface area contributed by atoms with Crippen LogP contribution in [0.2, 0.25) is 5.35 Å². The van der Waals surface area contributed by atoms with Gasteiger partial charge in [0.15, 0.2) is 5.58 Å². The lowest BCUT2D eigenvalue weighted by atomic mass is 10.1. The highest BCUT2D eigenvalue weighted by molar-refractivity contribution is 6.28. The van der Waals surface area contributed by atoms with E-state index in [1.807, 2.05) is 65.2 Å². The van der Waals surface area contributed by atoms with E-state index in [0.29, 0.717) is 29.8 Å². The molecule has 0 atom stereocenters. The average molecular weight is 380 g/mol. The fourth-order valence-corrected chi connectivity index (χ4v) is 3.25. The molecule has 4 aromatic rings. The number of benzene rings is 2. The molecule has 0 aliphatic carbocycles. The number of fused-ring (bicyclic) bond motifs is 1. The summed E-state index contributed by atoms with van der Waals surface area (Å²) in [6.07, 6.45) is 1.98. The molecule has 5 nitrogen and oxygen atoms in total. The minimum absolute atomic E-state index is 0.0684. The highest BCUT2D eigenvalue weighted by Gasteiger charge is 2.19. The van der Waals surface area contributed by atoms with Gasteiger partial charge in [0.25, 0.3) is 11.3 Å². The summed E-state index contributed by atoms with van der Waals surface area (Å²) in [5, 5.41) is 0.0690. The molecule has 0 bridgehead atoms. The van der Waals surface area contributed by atoms with E-state index in [2.05, 4.69) is 4.98 Å². The van der Waals surface area contributed by atoms with Gasteiger partial charge in [0, 0.05) is 31.0 Å². The summed E-state index contributed by atoms with van der Waals surface area (Å²) in [4.78, 5) is 19.2. The SMILES string of the molecule is Cn1cccc1CN(Cc1ccccc1)C(=O)c1ccc2oc(Cl)nc2c1. The topological polar surface area (TPSA) is 51.3 Å².